The molecule has 0 amide bonds. The zero-order chi connectivity index (χ0) is 26.5. The minimum Gasteiger partial charge on any atom is -0.481 e. The van der Waals surface area contributed by atoms with E-state index in [1.165, 1.54) is 32.1 Å². The highest BCUT2D eigenvalue weighted by Crippen LogP contribution is 2.28. The summed E-state index contributed by atoms with van der Waals surface area (Å²) in [5.41, 5.74) is 0. The fourth-order valence-electron chi connectivity index (χ4n) is 3.80. The Morgan fingerprint density at radius 1 is 0.714 bits per heavy atom. The van der Waals surface area contributed by atoms with E-state index < -0.39 is 80.6 Å². The van der Waals surface area contributed by atoms with Gasteiger partial charge in [-0.05, 0) is 6.42 Å². The molecule has 2 saturated heterocycles. The maximum Gasteiger partial charge on any atom is 0.303 e. The normalized spacial score (nSPS) is 37.4. The van der Waals surface area contributed by atoms with Gasteiger partial charge in [0.05, 0.1) is 13.2 Å². The van der Waals surface area contributed by atoms with Crippen LogP contribution in [0.5, 0.6) is 0 Å². The lowest BCUT2D eigenvalue weighted by Gasteiger charge is -2.45. The van der Waals surface area contributed by atoms with E-state index in [4.69, 9.17) is 24.4 Å². The minimum atomic E-state index is -1.74. The van der Waals surface area contributed by atoms with E-state index in [1.807, 2.05) is 0 Å². The lowest BCUT2D eigenvalue weighted by Crippen LogP contribution is -2.64. The smallest absolute Gasteiger partial charge is 0.303 e. The molecular weight excluding hydrogens is 472 g/mol. The van der Waals surface area contributed by atoms with Gasteiger partial charge in [0.15, 0.2) is 12.6 Å². The highest BCUT2D eigenvalue weighted by Gasteiger charge is 2.50. The van der Waals surface area contributed by atoms with E-state index in [0.717, 1.165) is 12.8 Å². The van der Waals surface area contributed by atoms with Crippen molar-refractivity contribution in [3.8, 4) is 0 Å². The third-order valence-electron chi connectivity index (χ3n) is 5.97. The number of aliphatic carboxylic acids is 1. The van der Waals surface area contributed by atoms with Gasteiger partial charge in [-0.2, -0.15) is 0 Å². The summed E-state index contributed by atoms with van der Waals surface area (Å²) in [7, 11) is 0. The van der Waals surface area contributed by atoms with Crippen molar-refractivity contribution in [1.82, 2.24) is 0 Å². The fraction of sp³-hybridized carbons (Fsp3) is 0.955. The Hall–Kier alpha value is -0.970. The first kappa shape index (κ1) is 32.1. The van der Waals surface area contributed by atoms with Gasteiger partial charge in [-0.3, -0.25) is 4.79 Å². The highest BCUT2D eigenvalue weighted by atomic mass is 16.7. The molecule has 35 heavy (non-hydrogen) atoms. The number of rotatable bonds is 12. The van der Waals surface area contributed by atoms with Crippen LogP contribution in [-0.4, -0.2) is 127 Å². The van der Waals surface area contributed by atoms with Gasteiger partial charge in [-0.15, -0.1) is 0 Å². The molecule has 10 atom stereocenters. The molecule has 2 aliphatic rings. The molecule has 0 aromatic heterocycles. The number of aliphatic hydroxyl groups excluding tert-OH is 8. The molecule has 2 aliphatic heterocycles. The van der Waals surface area contributed by atoms with E-state index >= 15 is 0 Å². The Balaban J connectivity index is 0.000000434. The second-order valence-corrected chi connectivity index (χ2v) is 8.79. The van der Waals surface area contributed by atoms with E-state index in [2.05, 4.69) is 6.92 Å². The van der Waals surface area contributed by atoms with Crippen LogP contribution in [0.3, 0.4) is 0 Å². The summed E-state index contributed by atoms with van der Waals surface area (Å²) in [5, 5.41) is 84.8. The van der Waals surface area contributed by atoms with Crippen LogP contribution in [0, 0.1) is 0 Å². The summed E-state index contributed by atoms with van der Waals surface area (Å²) >= 11 is 0. The van der Waals surface area contributed by atoms with Crippen molar-refractivity contribution < 1.29 is 65.0 Å². The molecule has 9 N–H and O–H groups in total. The van der Waals surface area contributed by atoms with E-state index in [9.17, 15) is 40.5 Å². The molecule has 2 heterocycles. The van der Waals surface area contributed by atoms with Gasteiger partial charge in [-0.1, -0.05) is 45.4 Å². The molecule has 13 heteroatoms. The Morgan fingerprint density at radius 3 is 1.83 bits per heavy atom. The molecular formula is C22H42O13. The lowest BCUT2D eigenvalue weighted by atomic mass is 9.97. The second kappa shape index (κ2) is 16.7. The summed E-state index contributed by atoms with van der Waals surface area (Å²) in [6.45, 7) is 0.854. The van der Waals surface area contributed by atoms with E-state index in [1.54, 1.807) is 0 Å². The number of unbranched alkanes of at least 4 members (excludes halogenated alkanes) is 6. The topological polar surface area (TPSA) is 227 Å². The highest BCUT2D eigenvalue weighted by molar-refractivity contribution is 5.66. The first-order valence-corrected chi connectivity index (χ1v) is 12.1. The predicted molar refractivity (Wildman–Crippen MR) is 119 cm³/mol. The van der Waals surface area contributed by atoms with Gasteiger partial charge >= 0.3 is 5.97 Å². The van der Waals surface area contributed by atoms with Crippen molar-refractivity contribution in [3.63, 3.8) is 0 Å². The van der Waals surface area contributed by atoms with Gasteiger partial charge in [0.2, 0.25) is 0 Å². The van der Waals surface area contributed by atoms with Gasteiger partial charge in [-0.25, -0.2) is 0 Å². The summed E-state index contributed by atoms with van der Waals surface area (Å²) in [6, 6.07) is 0. The predicted octanol–water partition coefficient (Wildman–Crippen LogP) is -2.19. The molecule has 0 aromatic rings. The quantitative estimate of drug-likeness (QED) is 0.126. The van der Waals surface area contributed by atoms with Crippen LogP contribution in [0.25, 0.3) is 0 Å². The van der Waals surface area contributed by atoms with Crippen LogP contribution in [0.4, 0.5) is 0 Å². The molecule has 0 saturated carbocycles. The maximum atomic E-state index is 10.1. The third-order valence-corrected chi connectivity index (χ3v) is 5.97. The number of carbonyl (C=O) groups is 1. The lowest BCUT2D eigenvalue weighted by molar-refractivity contribution is -0.355. The fourth-order valence-corrected chi connectivity index (χ4v) is 3.80. The zero-order valence-electron chi connectivity index (χ0n) is 20.0. The van der Waals surface area contributed by atoms with Crippen LogP contribution in [0.2, 0.25) is 0 Å². The number of aliphatic hydroxyl groups is 8. The van der Waals surface area contributed by atoms with Crippen LogP contribution in [0.1, 0.15) is 58.3 Å². The number of ether oxygens (including phenoxy) is 3. The molecule has 208 valence electrons. The Kier molecular flexibility index (Phi) is 15.3. The minimum absolute atomic E-state index is 0.341. The van der Waals surface area contributed by atoms with Crippen LogP contribution in [0.15, 0.2) is 0 Å². The van der Waals surface area contributed by atoms with E-state index in [-0.39, 0.29) is 0 Å². The summed E-state index contributed by atoms with van der Waals surface area (Å²) in [5.74, 6) is -0.663. The molecule has 0 aliphatic carbocycles. The summed E-state index contributed by atoms with van der Waals surface area (Å²) in [4.78, 5) is 10.1. The van der Waals surface area contributed by atoms with Gasteiger partial charge in [0, 0.05) is 6.42 Å². The first-order chi connectivity index (χ1) is 16.6. The molecule has 0 bridgehead atoms. The number of hydrogen-bond donors (Lipinski definition) is 9. The SMILES string of the molecule is CCCCCCCCCC(=O)O.OC[C@H]1O[C@H](O[C@H]2[C@H](O)[C@@H](O)[C@H](O)O[C@@H]2CO)[C@H](O)[C@@H](O)[C@@H]1O. The first-order valence-electron chi connectivity index (χ1n) is 12.1. The van der Waals surface area contributed by atoms with E-state index in [0.29, 0.717) is 6.42 Å². The van der Waals surface area contributed by atoms with Crippen LogP contribution >= 0.6 is 0 Å². The molecule has 13 nitrogen and oxygen atoms in total. The molecule has 0 aromatic carbocycles. The monoisotopic (exact) mass is 514 g/mol. The average molecular weight is 515 g/mol. The van der Waals surface area contributed by atoms with Crippen molar-refractivity contribution in [1.29, 1.82) is 0 Å². The number of hydrogen-bond acceptors (Lipinski definition) is 12. The number of carboxylic acid groups (broad SMARTS) is 1. The third kappa shape index (κ3) is 10.1. The summed E-state index contributed by atoms with van der Waals surface area (Å²) < 4.78 is 15.3. The Bertz CT molecular complexity index is 576. The Labute approximate surface area is 204 Å². The van der Waals surface area contributed by atoms with Crippen LogP contribution < -0.4 is 0 Å². The average Bonchev–Trinajstić information content (AvgIpc) is 2.83. The van der Waals surface area contributed by atoms with Gasteiger partial charge in [0.25, 0.3) is 0 Å². The second-order valence-electron chi connectivity index (χ2n) is 8.79. The molecule has 0 radical (unpaired) electrons. The Morgan fingerprint density at radius 2 is 1.29 bits per heavy atom. The largest absolute Gasteiger partial charge is 0.481 e. The van der Waals surface area contributed by atoms with Crippen molar-refractivity contribution in [3.05, 3.63) is 0 Å². The number of carboxylic acids is 1. The van der Waals surface area contributed by atoms with Crippen molar-refractivity contribution in [2.75, 3.05) is 13.2 Å². The molecule has 2 fully saturated rings. The van der Waals surface area contributed by atoms with Crippen molar-refractivity contribution in [2.45, 2.75) is 120 Å². The van der Waals surface area contributed by atoms with Crippen molar-refractivity contribution >= 4 is 5.97 Å². The maximum absolute atomic E-state index is 10.1. The van der Waals surface area contributed by atoms with Gasteiger partial charge < -0.3 is 60.2 Å². The van der Waals surface area contributed by atoms with Crippen LogP contribution in [-0.2, 0) is 19.0 Å². The van der Waals surface area contributed by atoms with Crippen molar-refractivity contribution in [2.24, 2.45) is 0 Å². The van der Waals surface area contributed by atoms with Gasteiger partial charge in [0.1, 0.15) is 48.8 Å². The summed E-state index contributed by atoms with van der Waals surface area (Å²) in [6.07, 6.45) is -6.93. The standard InChI is InChI=1S/C12H22O11.C10H20O2/c13-1-3-5(15)6(16)9(19)12(22-3)23-10-4(2-14)21-11(20)8(18)7(10)17;1-2-3-4-5-6-7-8-9-10(11)12/h3-20H,1-2H2;2-9H2,1H3,(H,11,12)/t3-,4-,5-,6+,7-,8-,9-,10-,11-,12-;/m1./s1. The molecule has 0 unspecified atom stereocenters. The molecule has 2 rings (SSSR count). The molecule has 0 spiro atoms. The zero-order valence-corrected chi connectivity index (χ0v) is 20.0.